The third-order valence-electron chi connectivity index (χ3n) is 3.91. The number of hydrogen-bond acceptors (Lipinski definition) is 4. The topological polar surface area (TPSA) is 58.8 Å². The standard InChI is InChI=1S/C19H15BrN4OS/c20-15-8-6-13(7-9-15)17-11-10-16(25-17)12-21-24-18(22-23-19(24)26)14-4-2-1-3-5-14/h1-11,21H,12H2,(H,23,26). The van der Waals surface area contributed by atoms with Gasteiger partial charge in [-0.15, -0.1) is 0 Å². The van der Waals surface area contributed by atoms with E-state index in [1.54, 1.807) is 4.68 Å². The fraction of sp³-hybridized carbons (Fsp3) is 0.0526. The largest absolute Gasteiger partial charge is 0.459 e. The number of aromatic amines is 1. The summed E-state index contributed by atoms with van der Waals surface area (Å²) in [5.41, 5.74) is 5.27. The first kappa shape index (κ1) is 16.8. The number of furan rings is 1. The molecule has 0 aliphatic heterocycles. The van der Waals surface area contributed by atoms with Gasteiger partial charge in [0.2, 0.25) is 4.77 Å². The van der Waals surface area contributed by atoms with Crippen LogP contribution in [0.1, 0.15) is 5.76 Å². The minimum Gasteiger partial charge on any atom is -0.459 e. The van der Waals surface area contributed by atoms with E-state index in [2.05, 4.69) is 31.6 Å². The van der Waals surface area contributed by atoms with Crippen molar-refractivity contribution in [2.24, 2.45) is 0 Å². The molecular formula is C19H15BrN4OS. The third kappa shape index (κ3) is 3.49. The van der Waals surface area contributed by atoms with Gasteiger partial charge in [0.1, 0.15) is 11.5 Å². The van der Waals surface area contributed by atoms with Crippen molar-refractivity contribution < 1.29 is 4.42 Å². The highest BCUT2D eigenvalue weighted by Gasteiger charge is 2.10. The van der Waals surface area contributed by atoms with E-state index in [9.17, 15) is 0 Å². The molecule has 2 aromatic heterocycles. The maximum Gasteiger partial charge on any atom is 0.214 e. The van der Waals surface area contributed by atoms with Gasteiger partial charge in [-0.1, -0.05) is 58.4 Å². The molecule has 0 unspecified atom stereocenters. The number of hydrogen-bond donors (Lipinski definition) is 2. The lowest BCUT2D eigenvalue weighted by Gasteiger charge is -2.08. The van der Waals surface area contributed by atoms with Gasteiger partial charge in [0.15, 0.2) is 5.82 Å². The van der Waals surface area contributed by atoms with E-state index >= 15 is 0 Å². The molecule has 0 bridgehead atoms. The Balaban J connectivity index is 1.53. The Labute approximate surface area is 163 Å². The second-order valence-electron chi connectivity index (χ2n) is 5.66. The number of nitrogens with one attached hydrogen (secondary N) is 2. The number of H-pyrrole nitrogens is 1. The van der Waals surface area contributed by atoms with Crippen molar-refractivity contribution in [1.82, 2.24) is 14.9 Å². The van der Waals surface area contributed by atoms with Crippen LogP contribution < -0.4 is 5.43 Å². The van der Waals surface area contributed by atoms with Gasteiger partial charge in [-0.25, -0.2) is 9.77 Å². The first-order chi connectivity index (χ1) is 12.7. The first-order valence-corrected chi connectivity index (χ1v) is 9.22. The lowest BCUT2D eigenvalue weighted by Crippen LogP contribution is -2.15. The van der Waals surface area contributed by atoms with Crippen molar-refractivity contribution >= 4 is 28.1 Å². The fourth-order valence-electron chi connectivity index (χ4n) is 2.62. The average Bonchev–Trinajstić information content (AvgIpc) is 3.28. The Morgan fingerprint density at radius 2 is 1.77 bits per heavy atom. The molecule has 130 valence electrons. The van der Waals surface area contributed by atoms with E-state index in [-0.39, 0.29) is 0 Å². The summed E-state index contributed by atoms with van der Waals surface area (Å²) in [6.45, 7) is 0.490. The molecule has 0 atom stereocenters. The van der Waals surface area contributed by atoms with Crippen LogP contribution in [0.25, 0.3) is 22.7 Å². The Morgan fingerprint density at radius 3 is 2.54 bits per heavy atom. The summed E-state index contributed by atoms with van der Waals surface area (Å²) in [6.07, 6.45) is 0. The lowest BCUT2D eigenvalue weighted by molar-refractivity contribution is 0.523. The second kappa shape index (κ2) is 7.31. The maximum atomic E-state index is 5.94. The van der Waals surface area contributed by atoms with Gasteiger partial charge in [-0.05, 0) is 36.5 Å². The third-order valence-corrected chi connectivity index (χ3v) is 4.71. The lowest BCUT2D eigenvalue weighted by atomic mass is 10.2. The van der Waals surface area contributed by atoms with Crippen molar-refractivity contribution in [2.75, 3.05) is 5.43 Å². The summed E-state index contributed by atoms with van der Waals surface area (Å²) >= 11 is 8.77. The van der Waals surface area contributed by atoms with Crippen molar-refractivity contribution in [2.45, 2.75) is 6.54 Å². The molecule has 0 saturated heterocycles. The normalized spacial score (nSPS) is 10.8. The minimum absolute atomic E-state index is 0.490. The molecule has 0 amide bonds. The quantitative estimate of drug-likeness (QED) is 0.420. The molecule has 0 aliphatic carbocycles. The molecule has 0 saturated carbocycles. The van der Waals surface area contributed by atoms with Crippen molar-refractivity contribution in [3.8, 4) is 22.7 Å². The summed E-state index contributed by atoms with van der Waals surface area (Å²) in [6, 6.07) is 21.8. The summed E-state index contributed by atoms with van der Waals surface area (Å²) in [5, 5.41) is 7.13. The highest BCUT2D eigenvalue weighted by atomic mass is 79.9. The zero-order valence-electron chi connectivity index (χ0n) is 13.6. The van der Waals surface area contributed by atoms with E-state index in [0.717, 1.165) is 32.9 Å². The van der Waals surface area contributed by atoms with Gasteiger partial charge in [-0.3, -0.25) is 0 Å². The molecule has 5 nitrogen and oxygen atoms in total. The van der Waals surface area contributed by atoms with Gasteiger partial charge in [-0.2, -0.15) is 5.10 Å². The zero-order valence-corrected chi connectivity index (χ0v) is 16.0. The number of aromatic nitrogens is 3. The molecule has 4 aromatic rings. The highest BCUT2D eigenvalue weighted by Crippen LogP contribution is 2.24. The molecule has 0 radical (unpaired) electrons. The number of benzene rings is 2. The van der Waals surface area contributed by atoms with E-state index in [0.29, 0.717) is 11.3 Å². The van der Waals surface area contributed by atoms with Crippen LogP contribution in [-0.2, 0) is 6.54 Å². The van der Waals surface area contributed by atoms with E-state index in [4.69, 9.17) is 16.6 Å². The molecule has 26 heavy (non-hydrogen) atoms. The summed E-state index contributed by atoms with van der Waals surface area (Å²) in [5.74, 6) is 2.37. The van der Waals surface area contributed by atoms with Crippen LogP contribution in [0.4, 0.5) is 0 Å². The average molecular weight is 427 g/mol. The molecule has 0 aliphatic rings. The number of nitrogens with zero attached hydrogens (tertiary/aromatic N) is 2. The fourth-order valence-corrected chi connectivity index (χ4v) is 3.08. The van der Waals surface area contributed by atoms with Crippen LogP contribution in [0, 0.1) is 4.77 Å². The van der Waals surface area contributed by atoms with Crippen molar-refractivity contribution in [3.63, 3.8) is 0 Å². The van der Waals surface area contributed by atoms with Crippen LogP contribution >= 0.6 is 28.1 Å². The van der Waals surface area contributed by atoms with Crippen LogP contribution in [-0.4, -0.2) is 14.9 Å². The van der Waals surface area contributed by atoms with Crippen LogP contribution in [0.3, 0.4) is 0 Å². The number of halogens is 1. The smallest absolute Gasteiger partial charge is 0.214 e. The Bertz CT molecular complexity index is 1070. The van der Waals surface area contributed by atoms with E-state index in [1.165, 1.54) is 0 Å². The molecule has 2 heterocycles. The SMILES string of the molecule is S=c1[nH]nc(-c2ccccc2)n1NCc1ccc(-c2ccc(Br)cc2)o1. The minimum atomic E-state index is 0.490. The molecule has 0 spiro atoms. The second-order valence-corrected chi connectivity index (χ2v) is 6.96. The van der Waals surface area contributed by atoms with Gasteiger partial charge < -0.3 is 9.84 Å². The monoisotopic (exact) mass is 426 g/mol. The van der Waals surface area contributed by atoms with Gasteiger partial charge in [0.25, 0.3) is 0 Å². The maximum absolute atomic E-state index is 5.94. The Hall–Kier alpha value is -2.64. The van der Waals surface area contributed by atoms with Gasteiger partial charge in [0, 0.05) is 15.6 Å². The van der Waals surface area contributed by atoms with Crippen LogP contribution in [0.15, 0.2) is 75.6 Å². The van der Waals surface area contributed by atoms with E-state index in [1.807, 2.05) is 66.7 Å². The zero-order chi connectivity index (χ0) is 17.9. The van der Waals surface area contributed by atoms with Gasteiger partial charge >= 0.3 is 0 Å². The molecular weight excluding hydrogens is 412 g/mol. The molecule has 4 rings (SSSR count). The highest BCUT2D eigenvalue weighted by molar-refractivity contribution is 9.10. The molecule has 0 fully saturated rings. The predicted octanol–water partition coefficient (Wildman–Crippen LogP) is 5.37. The first-order valence-electron chi connectivity index (χ1n) is 8.02. The Morgan fingerprint density at radius 1 is 1.00 bits per heavy atom. The predicted molar refractivity (Wildman–Crippen MR) is 108 cm³/mol. The molecule has 2 aromatic carbocycles. The Kier molecular flexibility index (Phi) is 4.73. The summed E-state index contributed by atoms with van der Waals surface area (Å²) in [7, 11) is 0. The molecule has 7 heteroatoms. The van der Waals surface area contributed by atoms with E-state index < -0.39 is 0 Å². The summed E-state index contributed by atoms with van der Waals surface area (Å²) in [4.78, 5) is 0. The molecule has 2 N–H and O–H groups in total. The number of rotatable bonds is 5. The summed E-state index contributed by atoms with van der Waals surface area (Å²) < 4.78 is 9.24. The van der Waals surface area contributed by atoms with Crippen molar-refractivity contribution in [1.29, 1.82) is 0 Å². The van der Waals surface area contributed by atoms with Gasteiger partial charge in [0.05, 0.1) is 6.54 Å². The van der Waals surface area contributed by atoms with Crippen LogP contribution in [0.2, 0.25) is 0 Å². The van der Waals surface area contributed by atoms with Crippen molar-refractivity contribution in [3.05, 3.63) is 81.7 Å². The van der Waals surface area contributed by atoms with Crippen LogP contribution in [0.5, 0.6) is 0 Å².